The van der Waals surface area contributed by atoms with Crippen LogP contribution in [0.15, 0.2) is 78.2 Å². The van der Waals surface area contributed by atoms with Crippen molar-refractivity contribution in [1.29, 1.82) is 0 Å². The second kappa shape index (κ2) is 8.80. The van der Waals surface area contributed by atoms with E-state index in [2.05, 4.69) is 15.4 Å². The molecule has 0 saturated heterocycles. The highest BCUT2D eigenvalue weighted by Gasteiger charge is 2.12. The van der Waals surface area contributed by atoms with Crippen LogP contribution in [-0.2, 0) is 13.1 Å². The molecule has 2 heterocycles. The summed E-state index contributed by atoms with van der Waals surface area (Å²) in [5.41, 5.74) is 2.37. The van der Waals surface area contributed by atoms with Gasteiger partial charge in [-0.15, -0.1) is 0 Å². The third-order valence-corrected chi connectivity index (χ3v) is 5.02. The molecule has 0 aliphatic carbocycles. The normalized spacial score (nSPS) is 10.7. The van der Waals surface area contributed by atoms with Crippen molar-refractivity contribution in [2.45, 2.75) is 13.1 Å². The second-order valence-electron chi connectivity index (χ2n) is 6.77. The number of halogens is 1. The Morgan fingerprint density at radius 1 is 1.06 bits per heavy atom. The van der Waals surface area contributed by atoms with Crippen molar-refractivity contribution in [2.75, 3.05) is 5.32 Å². The maximum atomic E-state index is 12.6. The summed E-state index contributed by atoms with van der Waals surface area (Å²) in [5.74, 6) is 0. The fourth-order valence-electron chi connectivity index (χ4n) is 3.01. The van der Waals surface area contributed by atoms with E-state index in [0.29, 0.717) is 17.9 Å². The molecule has 0 atom stereocenters. The van der Waals surface area contributed by atoms with Crippen LogP contribution in [0.1, 0.15) is 11.1 Å². The molecule has 2 aromatic carbocycles. The molecule has 31 heavy (non-hydrogen) atoms. The number of non-ortho nitro benzene ring substituents is 1. The van der Waals surface area contributed by atoms with E-state index in [1.165, 1.54) is 30.5 Å². The zero-order valence-electron chi connectivity index (χ0n) is 16.2. The molecule has 0 spiro atoms. The Balaban J connectivity index is 1.45. The van der Waals surface area contributed by atoms with E-state index < -0.39 is 10.5 Å². The zero-order valence-corrected chi connectivity index (χ0v) is 16.9. The maximum absolute atomic E-state index is 12.6. The van der Waals surface area contributed by atoms with Gasteiger partial charge in [-0.25, -0.2) is 4.98 Å². The first-order valence-corrected chi connectivity index (χ1v) is 9.69. The number of imidazole rings is 1. The van der Waals surface area contributed by atoms with Crippen LogP contribution >= 0.6 is 11.6 Å². The summed E-state index contributed by atoms with van der Waals surface area (Å²) in [6.07, 6.45) is 6.87. The molecule has 4 aromatic rings. The van der Waals surface area contributed by atoms with Crippen LogP contribution in [0.5, 0.6) is 0 Å². The molecule has 0 fully saturated rings. The summed E-state index contributed by atoms with van der Waals surface area (Å²) < 4.78 is 3.08. The number of aromatic nitrogens is 4. The first kappa shape index (κ1) is 20.3. The van der Waals surface area contributed by atoms with E-state index in [1.807, 2.05) is 35.0 Å². The summed E-state index contributed by atoms with van der Waals surface area (Å²) in [6.45, 7) is 1.21. The molecule has 0 amide bonds. The Kier molecular flexibility index (Phi) is 5.76. The Morgan fingerprint density at radius 3 is 2.42 bits per heavy atom. The number of nitrogens with zero attached hydrogens (tertiary/aromatic N) is 5. The van der Waals surface area contributed by atoms with Crippen LogP contribution in [0.4, 0.5) is 11.4 Å². The average molecular weight is 437 g/mol. The fraction of sp³-hybridized carbons (Fsp3) is 0.0952. The third-order valence-electron chi connectivity index (χ3n) is 4.65. The molecule has 156 valence electrons. The van der Waals surface area contributed by atoms with Gasteiger partial charge in [-0.1, -0.05) is 35.9 Å². The monoisotopic (exact) mass is 436 g/mol. The molecule has 0 bridgehead atoms. The SMILES string of the molecule is O=c1c(Cl)c(NCc2ccc(Cn3ccnc3)cc2)cnn1-c1ccc([N+](=O)[O-])cc1. The lowest BCUT2D eigenvalue weighted by atomic mass is 10.1. The number of rotatable bonds is 7. The van der Waals surface area contributed by atoms with Gasteiger partial charge in [0.1, 0.15) is 5.02 Å². The molecule has 0 aliphatic heterocycles. The van der Waals surface area contributed by atoms with E-state index in [0.717, 1.165) is 22.4 Å². The van der Waals surface area contributed by atoms with Crippen molar-refractivity contribution in [2.24, 2.45) is 0 Å². The summed E-state index contributed by atoms with van der Waals surface area (Å²) in [7, 11) is 0. The molecule has 0 saturated carbocycles. The molecule has 10 heteroatoms. The Labute approximate surface area is 181 Å². The highest BCUT2D eigenvalue weighted by atomic mass is 35.5. The van der Waals surface area contributed by atoms with Gasteiger partial charge in [0.25, 0.3) is 11.2 Å². The summed E-state index contributed by atoms with van der Waals surface area (Å²) >= 11 is 6.25. The highest BCUT2D eigenvalue weighted by molar-refractivity contribution is 6.32. The van der Waals surface area contributed by atoms with Gasteiger partial charge >= 0.3 is 0 Å². The zero-order chi connectivity index (χ0) is 21.8. The average Bonchev–Trinajstić information content (AvgIpc) is 3.29. The topological polar surface area (TPSA) is 108 Å². The molecule has 0 unspecified atom stereocenters. The van der Waals surface area contributed by atoms with E-state index in [9.17, 15) is 14.9 Å². The minimum absolute atomic E-state index is 0.00918. The van der Waals surface area contributed by atoms with E-state index in [-0.39, 0.29) is 10.7 Å². The van der Waals surface area contributed by atoms with Gasteiger partial charge in [0.2, 0.25) is 0 Å². The number of benzene rings is 2. The van der Waals surface area contributed by atoms with Gasteiger partial charge in [0.15, 0.2) is 0 Å². The van der Waals surface area contributed by atoms with Crippen LogP contribution < -0.4 is 10.9 Å². The van der Waals surface area contributed by atoms with Crippen LogP contribution in [-0.4, -0.2) is 24.3 Å². The van der Waals surface area contributed by atoms with Gasteiger partial charge in [0.05, 0.1) is 28.8 Å². The molecule has 1 N–H and O–H groups in total. The first-order valence-electron chi connectivity index (χ1n) is 9.31. The second-order valence-corrected chi connectivity index (χ2v) is 7.15. The van der Waals surface area contributed by atoms with Crippen molar-refractivity contribution in [3.63, 3.8) is 0 Å². The van der Waals surface area contributed by atoms with Gasteiger partial charge < -0.3 is 9.88 Å². The number of hydrogen-bond acceptors (Lipinski definition) is 6. The molecule has 2 aromatic heterocycles. The molecular weight excluding hydrogens is 420 g/mol. The highest BCUT2D eigenvalue weighted by Crippen LogP contribution is 2.19. The minimum Gasteiger partial charge on any atom is -0.378 e. The predicted molar refractivity (Wildman–Crippen MR) is 117 cm³/mol. The number of hydrogen-bond donors (Lipinski definition) is 1. The maximum Gasteiger partial charge on any atom is 0.292 e. The fourth-order valence-corrected chi connectivity index (χ4v) is 3.20. The van der Waals surface area contributed by atoms with E-state index in [1.54, 1.807) is 12.5 Å². The van der Waals surface area contributed by atoms with Crippen LogP contribution in [0.25, 0.3) is 5.69 Å². The van der Waals surface area contributed by atoms with Gasteiger partial charge in [0, 0.05) is 37.6 Å². The molecular formula is C21H17ClN6O3. The lowest BCUT2D eigenvalue weighted by Gasteiger charge is -2.11. The van der Waals surface area contributed by atoms with E-state index in [4.69, 9.17) is 11.6 Å². The number of nitro benzene ring substituents is 1. The number of nitro groups is 1. The van der Waals surface area contributed by atoms with Gasteiger partial charge in [-0.05, 0) is 23.3 Å². The molecule has 4 rings (SSSR count). The largest absolute Gasteiger partial charge is 0.378 e. The number of anilines is 1. The Bertz CT molecular complexity index is 1250. The van der Waals surface area contributed by atoms with E-state index >= 15 is 0 Å². The first-order chi connectivity index (χ1) is 15.0. The quantitative estimate of drug-likeness (QED) is 0.350. The van der Waals surface area contributed by atoms with Crippen molar-refractivity contribution in [3.8, 4) is 5.69 Å². The molecule has 0 radical (unpaired) electrons. The lowest BCUT2D eigenvalue weighted by molar-refractivity contribution is -0.384. The third kappa shape index (κ3) is 4.62. The van der Waals surface area contributed by atoms with Crippen molar-refractivity contribution in [3.05, 3.63) is 110 Å². The standard InChI is InChI=1S/C21H17ClN6O3/c22-20-19(12-25-27(21(20)29)17-5-7-18(8-6-17)28(30)31)24-11-15-1-3-16(4-2-15)13-26-10-9-23-14-26/h1-10,12,14,24H,11,13H2. The van der Waals surface area contributed by atoms with Gasteiger partial charge in [-0.3, -0.25) is 14.9 Å². The van der Waals surface area contributed by atoms with Crippen molar-refractivity contribution in [1.82, 2.24) is 19.3 Å². The van der Waals surface area contributed by atoms with Crippen LogP contribution in [0, 0.1) is 10.1 Å². The van der Waals surface area contributed by atoms with Crippen molar-refractivity contribution >= 4 is 23.0 Å². The predicted octanol–water partition coefficient (Wildman–Crippen LogP) is 3.65. The Morgan fingerprint density at radius 2 is 1.77 bits per heavy atom. The summed E-state index contributed by atoms with van der Waals surface area (Å²) in [4.78, 5) is 26.9. The summed E-state index contributed by atoms with van der Waals surface area (Å²) in [5, 5.41) is 18.0. The number of nitrogens with one attached hydrogen (secondary N) is 1. The Hall–Kier alpha value is -3.98. The summed E-state index contributed by atoms with van der Waals surface area (Å²) in [6, 6.07) is 13.6. The lowest BCUT2D eigenvalue weighted by Crippen LogP contribution is -2.22. The van der Waals surface area contributed by atoms with Crippen LogP contribution in [0.2, 0.25) is 5.02 Å². The van der Waals surface area contributed by atoms with Gasteiger partial charge in [-0.2, -0.15) is 9.78 Å². The van der Waals surface area contributed by atoms with Crippen LogP contribution in [0.3, 0.4) is 0 Å². The van der Waals surface area contributed by atoms with Crippen molar-refractivity contribution < 1.29 is 4.92 Å². The molecule has 9 nitrogen and oxygen atoms in total. The molecule has 0 aliphatic rings. The smallest absolute Gasteiger partial charge is 0.292 e. The minimum atomic E-state index is -0.517.